The summed E-state index contributed by atoms with van der Waals surface area (Å²) in [5, 5.41) is 17.5. The van der Waals surface area contributed by atoms with Crippen molar-refractivity contribution in [3.8, 4) is 5.69 Å². The van der Waals surface area contributed by atoms with Gasteiger partial charge in [-0.1, -0.05) is 4.49 Å². The minimum atomic E-state index is -0.215. The fraction of sp³-hybridized carbons (Fsp3) is 0.0909. The second-order valence-corrected chi connectivity index (χ2v) is 4.70. The summed E-state index contributed by atoms with van der Waals surface area (Å²) in [5.74, 6) is -0.215. The van der Waals surface area contributed by atoms with E-state index in [4.69, 9.17) is 0 Å². The van der Waals surface area contributed by atoms with Gasteiger partial charge in [-0.15, -0.1) is 10.2 Å². The zero-order valence-electron chi connectivity index (χ0n) is 10.4. The molecule has 20 heavy (non-hydrogen) atoms. The molecule has 3 aromatic rings. The number of nitrogens with one attached hydrogen (secondary N) is 1. The fourth-order valence-corrected chi connectivity index (χ4v) is 2.16. The number of nitrogens with zero attached hydrogens (tertiary/aromatic N) is 6. The Labute approximate surface area is 117 Å². The van der Waals surface area contributed by atoms with Crippen LogP contribution in [0.5, 0.6) is 0 Å². The standard InChI is InChI=1S/C11H9N7OS/c1-7-10(20-17-14-7)11(19)13-8-2-4-9(5-3-8)18-6-12-15-16-18/h2-6H,1H3,(H,13,19). The summed E-state index contributed by atoms with van der Waals surface area (Å²) in [6, 6.07) is 7.17. The van der Waals surface area contributed by atoms with Crippen molar-refractivity contribution in [1.29, 1.82) is 0 Å². The number of hydrogen-bond acceptors (Lipinski definition) is 7. The van der Waals surface area contributed by atoms with Gasteiger partial charge in [0.25, 0.3) is 5.91 Å². The van der Waals surface area contributed by atoms with Crippen LogP contribution < -0.4 is 5.32 Å². The summed E-state index contributed by atoms with van der Waals surface area (Å²) in [6.45, 7) is 1.75. The van der Waals surface area contributed by atoms with Crippen molar-refractivity contribution in [3.05, 3.63) is 41.2 Å². The molecule has 9 heteroatoms. The van der Waals surface area contributed by atoms with Crippen molar-refractivity contribution in [2.75, 3.05) is 5.32 Å². The lowest BCUT2D eigenvalue weighted by molar-refractivity contribution is 0.103. The van der Waals surface area contributed by atoms with Gasteiger partial charge in [-0.05, 0) is 53.1 Å². The molecule has 0 saturated heterocycles. The first-order valence-electron chi connectivity index (χ1n) is 5.68. The maximum atomic E-state index is 12.0. The van der Waals surface area contributed by atoms with E-state index in [1.807, 2.05) is 12.1 Å². The number of rotatable bonds is 3. The number of hydrogen-bond donors (Lipinski definition) is 1. The molecule has 2 aromatic heterocycles. The van der Waals surface area contributed by atoms with E-state index < -0.39 is 0 Å². The van der Waals surface area contributed by atoms with Crippen molar-refractivity contribution < 1.29 is 4.79 Å². The third kappa shape index (κ3) is 2.38. The van der Waals surface area contributed by atoms with Crippen LogP contribution in [0, 0.1) is 6.92 Å². The van der Waals surface area contributed by atoms with Crippen LogP contribution in [0.4, 0.5) is 5.69 Å². The van der Waals surface area contributed by atoms with Crippen molar-refractivity contribution in [2.45, 2.75) is 6.92 Å². The zero-order chi connectivity index (χ0) is 13.9. The predicted molar refractivity (Wildman–Crippen MR) is 71.8 cm³/mol. The van der Waals surface area contributed by atoms with Gasteiger partial charge in [0, 0.05) is 5.69 Å². The molecule has 0 aliphatic heterocycles. The van der Waals surface area contributed by atoms with Gasteiger partial charge in [0.2, 0.25) is 0 Å². The topological polar surface area (TPSA) is 98.5 Å². The van der Waals surface area contributed by atoms with Crippen LogP contribution in [0.15, 0.2) is 30.6 Å². The molecular weight excluding hydrogens is 278 g/mol. The van der Waals surface area contributed by atoms with E-state index in [0.717, 1.165) is 17.2 Å². The average molecular weight is 287 g/mol. The number of carbonyl (C=O) groups excluding carboxylic acids is 1. The Morgan fingerprint density at radius 2 is 2.10 bits per heavy atom. The number of benzene rings is 1. The van der Waals surface area contributed by atoms with E-state index in [1.54, 1.807) is 19.1 Å². The minimum Gasteiger partial charge on any atom is -0.321 e. The number of aromatic nitrogens is 6. The van der Waals surface area contributed by atoms with Crippen LogP contribution in [0.25, 0.3) is 5.69 Å². The van der Waals surface area contributed by atoms with Gasteiger partial charge >= 0.3 is 0 Å². The summed E-state index contributed by atoms with van der Waals surface area (Å²) in [6.07, 6.45) is 1.50. The molecule has 0 atom stereocenters. The smallest absolute Gasteiger partial charge is 0.269 e. The van der Waals surface area contributed by atoms with E-state index in [0.29, 0.717) is 16.3 Å². The van der Waals surface area contributed by atoms with Crippen LogP contribution in [-0.4, -0.2) is 35.7 Å². The second-order valence-electron chi connectivity index (χ2n) is 3.94. The Morgan fingerprint density at radius 1 is 1.30 bits per heavy atom. The Hall–Kier alpha value is -2.68. The first-order valence-corrected chi connectivity index (χ1v) is 6.45. The molecule has 1 aromatic carbocycles. The number of tetrazole rings is 1. The summed E-state index contributed by atoms with van der Waals surface area (Å²) in [5.41, 5.74) is 2.11. The molecule has 8 nitrogen and oxygen atoms in total. The lowest BCUT2D eigenvalue weighted by Gasteiger charge is -2.05. The van der Waals surface area contributed by atoms with Crippen molar-refractivity contribution in [2.24, 2.45) is 0 Å². The van der Waals surface area contributed by atoms with Gasteiger partial charge in [0.1, 0.15) is 11.2 Å². The van der Waals surface area contributed by atoms with Crippen LogP contribution in [-0.2, 0) is 0 Å². The molecule has 0 aliphatic carbocycles. The van der Waals surface area contributed by atoms with E-state index in [-0.39, 0.29) is 5.91 Å². The van der Waals surface area contributed by atoms with Gasteiger partial charge < -0.3 is 5.32 Å². The number of carbonyl (C=O) groups is 1. The van der Waals surface area contributed by atoms with Crippen LogP contribution in [0.3, 0.4) is 0 Å². The monoisotopic (exact) mass is 287 g/mol. The lowest BCUT2D eigenvalue weighted by atomic mass is 10.2. The normalized spacial score (nSPS) is 10.4. The summed E-state index contributed by atoms with van der Waals surface area (Å²) in [4.78, 5) is 12.5. The Morgan fingerprint density at radius 3 is 2.70 bits per heavy atom. The molecule has 0 radical (unpaired) electrons. The number of aryl methyl sites for hydroxylation is 1. The fourth-order valence-electron chi connectivity index (χ4n) is 1.60. The van der Waals surface area contributed by atoms with Gasteiger partial charge in [0.05, 0.1) is 11.4 Å². The van der Waals surface area contributed by atoms with Gasteiger partial charge in [0.15, 0.2) is 0 Å². The van der Waals surface area contributed by atoms with E-state index in [2.05, 4.69) is 30.4 Å². The molecule has 0 bridgehead atoms. The highest BCUT2D eigenvalue weighted by Crippen LogP contribution is 2.15. The molecule has 0 spiro atoms. The Balaban J connectivity index is 1.76. The largest absolute Gasteiger partial charge is 0.321 e. The quantitative estimate of drug-likeness (QED) is 0.773. The zero-order valence-corrected chi connectivity index (χ0v) is 11.2. The predicted octanol–water partition coefficient (Wildman–Crippen LogP) is 1.07. The molecule has 1 N–H and O–H groups in total. The van der Waals surface area contributed by atoms with Gasteiger partial charge in [-0.3, -0.25) is 4.79 Å². The van der Waals surface area contributed by atoms with E-state index in [1.165, 1.54) is 11.0 Å². The molecular formula is C11H9N7OS. The first kappa shape index (κ1) is 12.4. The molecule has 1 amide bonds. The molecule has 2 heterocycles. The Bertz CT molecular complexity index is 720. The highest BCUT2D eigenvalue weighted by molar-refractivity contribution is 7.08. The van der Waals surface area contributed by atoms with Crippen molar-refractivity contribution in [3.63, 3.8) is 0 Å². The van der Waals surface area contributed by atoms with E-state index in [9.17, 15) is 4.79 Å². The summed E-state index contributed by atoms with van der Waals surface area (Å²) in [7, 11) is 0. The highest BCUT2D eigenvalue weighted by atomic mass is 32.1. The maximum absolute atomic E-state index is 12.0. The summed E-state index contributed by atoms with van der Waals surface area (Å²) >= 11 is 1.07. The Kier molecular flexibility index (Phi) is 3.17. The molecule has 3 rings (SSSR count). The van der Waals surface area contributed by atoms with Crippen molar-refractivity contribution >= 4 is 23.1 Å². The maximum Gasteiger partial charge on any atom is 0.269 e. The number of anilines is 1. The first-order chi connectivity index (χ1) is 9.74. The molecule has 0 aliphatic rings. The molecule has 100 valence electrons. The minimum absolute atomic E-state index is 0.215. The SMILES string of the molecule is Cc1nnsc1C(=O)Nc1ccc(-n2cnnn2)cc1. The van der Waals surface area contributed by atoms with E-state index >= 15 is 0 Å². The van der Waals surface area contributed by atoms with Crippen LogP contribution in [0.2, 0.25) is 0 Å². The second kappa shape index (κ2) is 5.13. The lowest BCUT2D eigenvalue weighted by Crippen LogP contribution is -2.11. The summed E-state index contributed by atoms with van der Waals surface area (Å²) < 4.78 is 5.27. The third-order valence-electron chi connectivity index (χ3n) is 2.60. The molecule has 0 fully saturated rings. The van der Waals surface area contributed by atoms with Gasteiger partial charge in [-0.2, -0.15) is 0 Å². The van der Waals surface area contributed by atoms with Crippen LogP contribution in [0.1, 0.15) is 15.4 Å². The third-order valence-corrected chi connectivity index (χ3v) is 3.42. The highest BCUT2D eigenvalue weighted by Gasteiger charge is 2.13. The average Bonchev–Trinajstić information content (AvgIpc) is 3.10. The molecule has 0 unspecified atom stereocenters. The molecule has 0 saturated carbocycles. The number of amides is 1. The van der Waals surface area contributed by atoms with Crippen LogP contribution >= 0.6 is 11.5 Å². The van der Waals surface area contributed by atoms with Crippen molar-refractivity contribution in [1.82, 2.24) is 29.8 Å². The van der Waals surface area contributed by atoms with Gasteiger partial charge in [-0.25, -0.2) is 4.68 Å².